The smallest absolute Gasteiger partial charge is 0.0852 e. The zero-order valence-electron chi connectivity index (χ0n) is 11.0. The zero-order chi connectivity index (χ0) is 13.4. The summed E-state index contributed by atoms with van der Waals surface area (Å²) < 4.78 is 1.30. The van der Waals surface area contributed by atoms with Gasteiger partial charge in [-0.25, -0.2) is 0 Å². The van der Waals surface area contributed by atoms with Gasteiger partial charge in [0.2, 0.25) is 0 Å². The van der Waals surface area contributed by atoms with Crippen LogP contribution in [-0.4, -0.2) is 0 Å². The first-order valence-electron chi connectivity index (χ1n) is 6.34. The molecule has 0 nitrogen and oxygen atoms in total. The lowest BCUT2D eigenvalue weighted by atomic mass is 9.98. The molecule has 0 bridgehead atoms. The zero-order valence-corrected chi connectivity index (χ0v) is 12.6. The van der Waals surface area contributed by atoms with Crippen LogP contribution in [0.25, 0.3) is 10.1 Å². The van der Waals surface area contributed by atoms with E-state index in [9.17, 15) is 0 Å². The Bertz CT molecular complexity index is 727. The molecular formula is C17H15ClS. The molecule has 0 amide bonds. The predicted octanol–water partition coefficient (Wildman–Crippen LogP) is 5.85. The van der Waals surface area contributed by atoms with Gasteiger partial charge in [-0.15, -0.1) is 22.9 Å². The van der Waals surface area contributed by atoms with Gasteiger partial charge in [0, 0.05) is 4.70 Å². The van der Waals surface area contributed by atoms with E-state index < -0.39 is 0 Å². The van der Waals surface area contributed by atoms with Crippen LogP contribution >= 0.6 is 22.9 Å². The summed E-state index contributed by atoms with van der Waals surface area (Å²) in [6, 6.07) is 14.9. The third-order valence-electron chi connectivity index (χ3n) is 3.48. The van der Waals surface area contributed by atoms with Crippen LogP contribution in [0.2, 0.25) is 0 Å². The van der Waals surface area contributed by atoms with Crippen LogP contribution in [0.3, 0.4) is 0 Å². The Hall–Kier alpha value is -1.31. The van der Waals surface area contributed by atoms with Crippen LogP contribution in [-0.2, 0) is 0 Å². The number of thiophene rings is 1. The van der Waals surface area contributed by atoms with E-state index in [4.69, 9.17) is 11.6 Å². The molecule has 0 aliphatic rings. The molecule has 0 radical (unpaired) electrons. The Labute approximate surface area is 122 Å². The van der Waals surface area contributed by atoms with Crippen molar-refractivity contribution in [1.29, 1.82) is 0 Å². The number of aryl methyl sites for hydroxylation is 2. The molecule has 0 aliphatic carbocycles. The van der Waals surface area contributed by atoms with E-state index in [-0.39, 0.29) is 5.38 Å². The summed E-state index contributed by atoms with van der Waals surface area (Å²) >= 11 is 8.48. The van der Waals surface area contributed by atoms with E-state index in [0.717, 1.165) is 0 Å². The molecule has 1 heterocycles. The van der Waals surface area contributed by atoms with Gasteiger partial charge in [0.25, 0.3) is 0 Å². The Morgan fingerprint density at radius 2 is 1.79 bits per heavy atom. The van der Waals surface area contributed by atoms with Crippen LogP contribution in [0.1, 0.15) is 27.6 Å². The first kappa shape index (κ1) is 12.7. The molecule has 0 saturated heterocycles. The molecule has 2 heteroatoms. The van der Waals surface area contributed by atoms with Crippen molar-refractivity contribution in [2.45, 2.75) is 19.2 Å². The van der Waals surface area contributed by atoms with E-state index in [1.165, 1.54) is 32.3 Å². The summed E-state index contributed by atoms with van der Waals surface area (Å²) in [6.45, 7) is 4.24. The summed E-state index contributed by atoms with van der Waals surface area (Å²) in [7, 11) is 0. The van der Waals surface area contributed by atoms with Gasteiger partial charge in [-0.1, -0.05) is 42.0 Å². The van der Waals surface area contributed by atoms with Crippen molar-refractivity contribution >= 4 is 33.0 Å². The van der Waals surface area contributed by atoms with Crippen LogP contribution in [0.4, 0.5) is 0 Å². The van der Waals surface area contributed by atoms with Gasteiger partial charge in [0.05, 0.1) is 5.38 Å². The van der Waals surface area contributed by atoms with Crippen LogP contribution in [0.5, 0.6) is 0 Å². The largest absolute Gasteiger partial charge is 0.143 e. The SMILES string of the molecule is Cc1ccc(C(Cl)c2csc3ccccc23)c(C)c1. The standard InChI is InChI=1S/C17H15ClS/c1-11-7-8-13(12(2)9-11)17(18)15-10-19-16-6-4-3-5-14(15)16/h3-10,17H,1-2H3. The number of benzene rings is 2. The maximum Gasteiger partial charge on any atom is 0.0852 e. The first-order valence-corrected chi connectivity index (χ1v) is 7.66. The molecule has 3 rings (SSSR count). The molecule has 0 spiro atoms. The fourth-order valence-corrected chi connectivity index (χ4v) is 3.96. The molecule has 2 aromatic carbocycles. The lowest BCUT2D eigenvalue weighted by Gasteiger charge is -2.13. The molecule has 1 atom stereocenters. The highest BCUT2D eigenvalue weighted by molar-refractivity contribution is 7.17. The van der Waals surface area contributed by atoms with Crippen molar-refractivity contribution < 1.29 is 0 Å². The lowest BCUT2D eigenvalue weighted by molar-refractivity contribution is 1.13. The molecule has 0 fully saturated rings. The van der Waals surface area contributed by atoms with Gasteiger partial charge >= 0.3 is 0 Å². The average molecular weight is 287 g/mol. The molecule has 3 aromatic rings. The second-order valence-electron chi connectivity index (χ2n) is 4.91. The third-order valence-corrected chi connectivity index (χ3v) is 4.93. The van der Waals surface area contributed by atoms with Gasteiger partial charge in [-0.2, -0.15) is 0 Å². The van der Waals surface area contributed by atoms with Crippen molar-refractivity contribution in [2.24, 2.45) is 0 Å². The molecule has 0 aliphatic heterocycles. The Morgan fingerprint density at radius 1 is 1.00 bits per heavy atom. The molecule has 0 N–H and O–H groups in total. The third kappa shape index (κ3) is 2.29. The monoisotopic (exact) mass is 286 g/mol. The fourth-order valence-electron chi connectivity index (χ4n) is 2.47. The van der Waals surface area contributed by atoms with E-state index in [0.29, 0.717) is 0 Å². The number of rotatable bonds is 2. The minimum Gasteiger partial charge on any atom is -0.143 e. The van der Waals surface area contributed by atoms with E-state index in [2.05, 4.69) is 61.7 Å². The number of hydrogen-bond donors (Lipinski definition) is 0. The van der Waals surface area contributed by atoms with E-state index in [1.807, 2.05) is 0 Å². The number of alkyl halides is 1. The topological polar surface area (TPSA) is 0 Å². The minimum atomic E-state index is -0.0725. The summed E-state index contributed by atoms with van der Waals surface area (Å²) in [6.07, 6.45) is 0. The van der Waals surface area contributed by atoms with Crippen LogP contribution in [0, 0.1) is 13.8 Å². The molecule has 96 valence electrons. The van der Waals surface area contributed by atoms with Gasteiger partial charge in [-0.05, 0) is 47.4 Å². The highest BCUT2D eigenvalue weighted by Crippen LogP contribution is 2.38. The van der Waals surface area contributed by atoms with Crippen molar-refractivity contribution in [2.75, 3.05) is 0 Å². The van der Waals surface area contributed by atoms with Crippen molar-refractivity contribution in [1.82, 2.24) is 0 Å². The Morgan fingerprint density at radius 3 is 2.58 bits per heavy atom. The maximum atomic E-state index is 6.72. The van der Waals surface area contributed by atoms with Crippen molar-refractivity contribution in [3.63, 3.8) is 0 Å². The summed E-state index contributed by atoms with van der Waals surface area (Å²) in [5, 5.41) is 3.38. The summed E-state index contributed by atoms with van der Waals surface area (Å²) in [5.41, 5.74) is 4.96. The second kappa shape index (κ2) is 4.99. The van der Waals surface area contributed by atoms with E-state index >= 15 is 0 Å². The van der Waals surface area contributed by atoms with Crippen LogP contribution < -0.4 is 0 Å². The molecule has 1 unspecified atom stereocenters. The maximum absolute atomic E-state index is 6.72. The average Bonchev–Trinajstić information content (AvgIpc) is 2.82. The molecule has 1 aromatic heterocycles. The van der Waals surface area contributed by atoms with Gasteiger partial charge in [0.15, 0.2) is 0 Å². The van der Waals surface area contributed by atoms with Gasteiger partial charge in [0.1, 0.15) is 0 Å². The quantitative estimate of drug-likeness (QED) is 0.519. The van der Waals surface area contributed by atoms with E-state index in [1.54, 1.807) is 11.3 Å². The second-order valence-corrected chi connectivity index (χ2v) is 6.26. The molecule has 19 heavy (non-hydrogen) atoms. The highest BCUT2D eigenvalue weighted by atomic mass is 35.5. The molecular weight excluding hydrogens is 272 g/mol. The van der Waals surface area contributed by atoms with Crippen molar-refractivity contribution in [3.8, 4) is 0 Å². The van der Waals surface area contributed by atoms with Gasteiger partial charge in [-0.3, -0.25) is 0 Å². The first-order chi connectivity index (χ1) is 9.16. The fraction of sp³-hybridized carbons (Fsp3) is 0.176. The number of fused-ring (bicyclic) bond motifs is 1. The van der Waals surface area contributed by atoms with Crippen molar-refractivity contribution in [3.05, 3.63) is 70.1 Å². The number of halogens is 1. The highest BCUT2D eigenvalue weighted by Gasteiger charge is 2.16. The normalized spacial score (nSPS) is 12.8. The Balaban J connectivity index is 2.10. The van der Waals surface area contributed by atoms with Gasteiger partial charge < -0.3 is 0 Å². The van der Waals surface area contributed by atoms with Crippen LogP contribution in [0.15, 0.2) is 47.8 Å². The number of hydrogen-bond acceptors (Lipinski definition) is 1. The lowest BCUT2D eigenvalue weighted by Crippen LogP contribution is -1.95. The Kier molecular flexibility index (Phi) is 3.34. The predicted molar refractivity (Wildman–Crippen MR) is 85.4 cm³/mol. The summed E-state index contributed by atoms with van der Waals surface area (Å²) in [5.74, 6) is 0. The minimum absolute atomic E-state index is 0.0725. The molecule has 0 saturated carbocycles. The summed E-state index contributed by atoms with van der Waals surface area (Å²) in [4.78, 5) is 0.